The molecule has 29 heavy (non-hydrogen) atoms. The summed E-state index contributed by atoms with van der Waals surface area (Å²) in [5.74, 6) is -0.584. The van der Waals surface area contributed by atoms with Gasteiger partial charge in [-0.3, -0.25) is 4.79 Å². The molecule has 146 valence electrons. The quantitative estimate of drug-likeness (QED) is 0.327. The number of nitrogens with zero attached hydrogens (tertiary/aromatic N) is 2. The normalized spacial score (nSPS) is 11.4. The second-order valence-electron chi connectivity index (χ2n) is 6.61. The van der Waals surface area contributed by atoms with E-state index in [1.165, 1.54) is 12.3 Å². The van der Waals surface area contributed by atoms with Gasteiger partial charge in [0, 0.05) is 26.8 Å². The van der Waals surface area contributed by atoms with Crippen LogP contribution < -0.4 is 5.43 Å². The number of benzene rings is 2. The number of para-hydroxylation sites is 1. The number of hydrazone groups is 1. The molecule has 2 heterocycles. The van der Waals surface area contributed by atoms with Gasteiger partial charge in [0.25, 0.3) is 0 Å². The fourth-order valence-electron chi connectivity index (χ4n) is 3.26. The van der Waals surface area contributed by atoms with Crippen molar-refractivity contribution in [3.05, 3.63) is 87.6 Å². The summed E-state index contributed by atoms with van der Waals surface area (Å²) in [5.41, 5.74) is 6.00. The highest BCUT2D eigenvalue weighted by atomic mass is 79.9. The number of furan rings is 1. The average molecular weight is 454 g/mol. The summed E-state index contributed by atoms with van der Waals surface area (Å²) in [6.45, 7) is 3.76. The van der Waals surface area contributed by atoms with E-state index in [1.807, 2.05) is 42.7 Å². The van der Waals surface area contributed by atoms with Gasteiger partial charge in [0.2, 0.25) is 0 Å². The number of carbonyl (C=O) groups is 1. The molecule has 0 aliphatic heterocycles. The van der Waals surface area contributed by atoms with Crippen LogP contribution in [0, 0.1) is 19.7 Å². The molecule has 0 fully saturated rings. The smallest absolute Gasteiger partial charge is 0.307 e. The molecular weight excluding hydrogens is 437 g/mol. The van der Waals surface area contributed by atoms with Crippen molar-refractivity contribution in [3.63, 3.8) is 0 Å². The highest BCUT2D eigenvalue weighted by Gasteiger charge is 2.14. The van der Waals surface area contributed by atoms with Crippen LogP contribution in [0.25, 0.3) is 16.7 Å². The molecule has 0 saturated heterocycles. The third-order valence-corrected chi connectivity index (χ3v) is 5.13. The predicted octanol–water partition coefficient (Wildman–Crippen LogP) is 5.51. The lowest BCUT2D eigenvalue weighted by molar-refractivity contribution is 0.0929. The molecule has 1 amide bonds. The lowest BCUT2D eigenvalue weighted by Gasteiger charge is -2.11. The Morgan fingerprint density at radius 1 is 1.17 bits per heavy atom. The highest BCUT2D eigenvalue weighted by Crippen LogP contribution is 2.24. The van der Waals surface area contributed by atoms with Gasteiger partial charge in [0.15, 0.2) is 5.76 Å². The molecule has 2 aromatic heterocycles. The number of carbonyl (C=O) groups excluding carboxylic acids is 1. The Balaban J connectivity index is 1.55. The van der Waals surface area contributed by atoms with Crippen molar-refractivity contribution < 1.29 is 13.6 Å². The molecule has 0 radical (unpaired) electrons. The van der Waals surface area contributed by atoms with E-state index in [0.717, 1.165) is 22.3 Å². The summed E-state index contributed by atoms with van der Waals surface area (Å²) in [5, 5.41) is 4.88. The number of amides is 1. The largest absolute Gasteiger partial charge is 0.451 e. The maximum Gasteiger partial charge on any atom is 0.307 e. The Bertz CT molecular complexity index is 1220. The molecule has 0 aliphatic carbocycles. The SMILES string of the molecule is Cc1cc(/C=N/NC(=O)c2cc3ccccc3o2)c(C)n1-c1ccc(Br)cc1F. The van der Waals surface area contributed by atoms with Crippen molar-refractivity contribution in [1.29, 1.82) is 0 Å². The molecule has 4 rings (SSSR count). The van der Waals surface area contributed by atoms with E-state index in [4.69, 9.17) is 4.42 Å². The Morgan fingerprint density at radius 2 is 1.97 bits per heavy atom. The summed E-state index contributed by atoms with van der Waals surface area (Å²) < 4.78 is 22.4. The van der Waals surface area contributed by atoms with Gasteiger partial charge in [-0.25, -0.2) is 9.82 Å². The highest BCUT2D eigenvalue weighted by molar-refractivity contribution is 9.10. The lowest BCUT2D eigenvalue weighted by atomic mass is 10.2. The first-order valence-corrected chi connectivity index (χ1v) is 9.69. The molecule has 2 aromatic carbocycles. The van der Waals surface area contributed by atoms with Gasteiger partial charge in [-0.15, -0.1) is 0 Å². The first-order chi connectivity index (χ1) is 13.9. The van der Waals surface area contributed by atoms with Gasteiger partial charge < -0.3 is 8.98 Å². The first kappa shape index (κ1) is 19.1. The number of hydrogen-bond donors (Lipinski definition) is 1. The molecule has 0 bridgehead atoms. The molecule has 0 spiro atoms. The molecule has 0 saturated carbocycles. The molecular formula is C22H17BrFN3O2. The zero-order valence-electron chi connectivity index (χ0n) is 15.7. The summed E-state index contributed by atoms with van der Waals surface area (Å²) in [7, 11) is 0. The average Bonchev–Trinajstić information content (AvgIpc) is 3.24. The van der Waals surface area contributed by atoms with Crippen LogP contribution in [0.4, 0.5) is 4.39 Å². The zero-order chi connectivity index (χ0) is 20.5. The number of nitrogens with one attached hydrogen (secondary N) is 1. The minimum absolute atomic E-state index is 0.186. The lowest BCUT2D eigenvalue weighted by Crippen LogP contribution is -2.16. The minimum Gasteiger partial charge on any atom is -0.451 e. The van der Waals surface area contributed by atoms with Crippen molar-refractivity contribution in [1.82, 2.24) is 9.99 Å². The number of rotatable bonds is 4. The second kappa shape index (κ2) is 7.67. The van der Waals surface area contributed by atoms with Crippen molar-refractivity contribution in [2.45, 2.75) is 13.8 Å². The second-order valence-corrected chi connectivity index (χ2v) is 7.52. The summed E-state index contributed by atoms with van der Waals surface area (Å²) in [4.78, 5) is 12.3. The Morgan fingerprint density at radius 3 is 2.72 bits per heavy atom. The van der Waals surface area contributed by atoms with Gasteiger partial charge in [0.1, 0.15) is 11.4 Å². The van der Waals surface area contributed by atoms with Gasteiger partial charge in [-0.2, -0.15) is 5.10 Å². The molecule has 5 nitrogen and oxygen atoms in total. The Labute approximate surface area is 175 Å². The van der Waals surface area contributed by atoms with Crippen LogP contribution in [0.5, 0.6) is 0 Å². The van der Waals surface area contributed by atoms with Gasteiger partial charge in [-0.05, 0) is 50.2 Å². The van der Waals surface area contributed by atoms with E-state index in [2.05, 4.69) is 26.5 Å². The third kappa shape index (κ3) is 3.73. The number of fused-ring (bicyclic) bond motifs is 1. The molecule has 0 unspecified atom stereocenters. The van der Waals surface area contributed by atoms with E-state index in [-0.39, 0.29) is 11.6 Å². The van der Waals surface area contributed by atoms with Crippen LogP contribution in [-0.2, 0) is 0 Å². The molecule has 0 aliphatic rings. The maximum absolute atomic E-state index is 14.4. The van der Waals surface area contributed by atoms with Crippen LogP contribution in [-0.4, -0.2) is 16.7 Å². The third-order valence-electron chi connectivity index (χ3n) is 4.64. The van der Waals surface area contributed by atoms with Crippen molar-refractivity contribution in [3.8, 4) is 5.69 Å². The molecule has 0 atom stereocenters. The van der Waals surface area contributed by atoms with E-state index < -0.39 is 5.91 Å². The van der Waals surface area contributed by atoms with Gasteiger partial charge >= 0.3 is 5.91 Å². The van der Waals surface area contributed by atoms with E-state index in [0.29, 0.717) is 15.7 Å². The van der Waals surface area contributed by atoms with Crippen molar-refractivity contribution in [2.75, 3.05) is 0 Å². The molecule has 7 heteroatoms. The topological polar surface area (TPSA) is 59.5 Å². The van der Waals surface area contributed by atoms with E-state index >= 15 is 0 Å². The maximum atomic E-state index is 14.4. The number of halogens is 2. The monoisotopic (exact) mass is 453 g/mol. The zero-order valence-corrected chi connectivity index (χ0v) is 17.3. The van der Waals surface area contributed by atoms with Crippen molar-refractivity contribution >= 4 is 39.0 Å². The van der Waals surface area contributed by atoms with E-state index in [1.54, 1.807) is 24.3 Å². The minimum atomic E-state index is -0.440. The summed E-state index contributed by atoms with van der Waals surface area (Å²) in [6, 6.07) is 15.9. The Hall–Kier alpha value is -3.19. The summed E-state index contributed by atoms with van der Waals surface area (Å²) in [6.07, 6.45) is 1.54. The number of aromatic nitrogens is 1. The van der Waals surface area contributed by atoms with Crippen LogP contribution in [0.3, 0.4) is 0 Å². The van der Waals surface area contributed by atoms with Gasteiger partial charge in [0.05, 0.1) is 11.9 Å². The molecule has 4 aromatic rings. The van der Waals surface area contributed by atoms with Gasteiger partial charge in [-0.1, -0.05) is 34.1 Å². The predicted molar refractivity (Wildman–Crippen MR) is 114 cm³/mol. The standard InChI is InChI=1S/C22H17BrFN3O2/c1-13-9-16(14(2)27(13)19-8-7-17(23)11-18(19)24)12-25-26-22(28)21-10-15-5-3-4-6-20(15)29-21/h3-12H,1-2H3,(H,26,28)/b25-12+. The first-order valence-electron chi connectivity index (χ1n) is 8.90. The van der Waals surface area contributed by atoms with Crippen LogP contribution in [0.15, 0.2) is 68.6 Å². The number of aryl methyl sites for hydroxylation is 1. The van der Waals surface area contributed by atoms with Crippen LogP contribution >= 0.6 is 15.9 Å². The van der Waals surface area contributed by atoms with Crippen molar-refractivity contribution in [2.24, 2.45) is 5.10 Å². The fraction of sp³-hybridized carbons (Fsp3) is 0.0909. The summed E-state index contributed by atoms with van der Waals surface area (Å²) >= 11 is 3.27. The van der Waals surface area contributed by atoms with E-state index in [9.17, 15) is 9.18 Å². The molecule has 1 N–H and O–H groups in total. The number of hydrogen-bond acceptors (Lipinski definition) is 3. The van der Waals surface area contributed by atoms with Crippen LogP contribution in [0.1, 0.15) is 27.5 Å². The fourth-order valence-corrected chi connectivity index (χ4v) is 3.59. The Kier molecular flexibility index (Phi) is 5.07. The van der Waals surface area contributed by atoms with Crippen LogP contribution in [0.2, 0.25) is 0 Å².